The fraction of sp³-hybridized carbons (Fsp3) is 0.733. The summed E-state index contributed by atoms with van der Waals surface area (Å²) in [6.07, 6.45) is 5.65. The van der Waals surface area contributed by atoms with Crippen LogP contribution in [0.15, 0.2) is 23.8 Å². The van der Waals surface area contributed by atoms with Crippen molar-refractivity contribution in [1.29, 1.82) is 0 Å². The van der Waals surface area contributed by atoms with Crippen LogP contribution in [0.3, 0.4) is 0 Å². The first-order valence-corrected chi connectivity index (χ1v) is 6.52. The molecule has 1 saturated carbocycles. The van der Waals surface area contributed by atoms with Crippen LogP contribution in [0.25, 0.3) is 0 Å². The predicted molar refractivity (Wildman–Crippen MR) is 68.1 cm³/mol. The van der Waals surface area contributed by atoms with Crippen LogP contribution in [0.4, 0.5) is 0 Å². The molecule has 0 radical (unpaired) electrons. The summed E-state index contributed by atoms with van der Waals surface area (Å²) in [7, 11) is 0. The number of allylic oxidation sites excluding steroid dienone is 1. The monoisotopic (exact) mass is 220 g/mol. The van der Waals surface area contributed by atoms with Crippen molar-refractivity contribution >= 4 is 0 Å². The lowest BCUT2D eigenvalue weighted by Crippen LogP contribution is -2.40. The number of hydrogen-bond donors (Lipinski definition) is 1. The molecular weight excluding hydrogens is 196 g/mol. The molecule has 2 aliphatic rings. The second-order valence-corrected chi connectivity index (χ2v) is 5.96. The van der Waals surface area contributed by atoms with Gasteiger partial charge in [-0.05, 0) is 44.4 Å². The molecule has 0 aromatic carbocycles. The van der Waals surface area contributed by atoms with Crippen molar-refractivity contribution in [2.75, 3.05) is 0 Å². The maximum Gasteiger partial charge on any atom is 0.0791 e. The van der Waals surface area contributed by atoms with E-state index in [0.717, 1.165) is 11.5 Å². The lowest BCUT2D eigenvalue weighted by Gasteiger charge is -2.45. The van der Waals surface area contributed by atoms with Crippen LogP contribution in [0.2, 0.25) is 0 Å². The third kappa shape index (κ3) is 1.98. The van der Waals surface area contributed by atoms with Crippen molar-refractivity contribution in [3.63, 3.8) is 0 Å². The molecule has 5 atom stereocenters. The number of aliphatic hydroxyl groups excluding tert-OH is 1. The third-order valence-corrected chi connectivity index (χ3v) is 4.58. The van der Waals surface area contributed by atoms with Crippen molar-refractivity contribution in [3.8, 4) is 0 Å². The Morgan fingerprint density at radius 1 is 1.44 bits per heavy atom. The van der Waals surface area contributed by atoms with Crippen LogP contribution in [-0.4, -0.2) is 11.2 Å². The smallest absolute Gasteiger partial charge is 0.0791 e. The number of aliphatic hydroxyl groups is 1. The first-order valence-electron chi connectivity index (χ1n) is 6.52. The highest BCUT2D eigenvalue weighted by atomic mass is 16.3. The van der Waals surface area contributed by atoms with Crippen LogP contribution in [0.1, 0.15) is 40.0 Å². The molecule has 1 N–H and O–H groups in total. The molecule has 0 aliphatic heterocycles. The first kappa shape index (κ1) is 11.9. The molecule has 16 heavy (non-hydrogen) atoms. The Morgan fingerprint density at radius 3 is 2.75 bits per heavy atom. The first-order chi connectivity index (χ1) is 7.50. The molecule has 0 aromatic rings. The standard InChI is InChI=1S/C15H24O/c1-9(2)15-13-7-10(3)5-6-12(13)11(4)8-14(15)16/h8,10,12-16H,1,5-7H2,2-4H3/t10-,12-,13-,14+,15-/m0/s1. The third-order valence-electron chi connectivity index (χ3n) is 4.58. The number of rotatable bonds is 1. The Morgan fingerprint density at radius 2 is 2.12 bits per heavy atom. The van der Waals surface area contributed by atoms with Gasteiger partial charge in [-0.3, -0.25) is 0 Å². The summed E-state index contributed by atoms with van der Waals surface area (Å²) in [5.74, 6) is 2.42. The summed E-state index contributed by atoms with van der Waals surface area (Å²) >= 11 is 0. The second-order valence-electron chi connectivity index (χ2n) is 5.96. The van der Waals surface area contributed by atoms with Gasteiger partial charge in [-0.25, -0.2) is 0 Å². The molecule has 90 valence electrons. The van der Waals surface area contributed by atoms with Gasteiger partial charge in [-0.1, -0.05) is 37.1 Å². The zero-order valence-electron chi connectivity index (χ0n) is 10.7. The lowest BCUT2D eigenvalue weighted by atomic mass is 9.61. The molecule has 1 nitrogen and oxygen atoms in total. The van der Waals surface area contributed by atoms with E-state index in [1.165, 1.54) is 24.8 Å². The highest BCUT2D eigenvalue weighted by Crippen LogP contribution is 2.47. The fourth-order valence-electron chi connectivity index (χ4n) is 3.79. The summed E-state index contributed by atoms with van der Waals surface area (Å²) in [5.41, 5.74) is 2.56. The lowest BCUT2D eigenvalue weighted by molar-refractivity contribution is 0.0630. The van der Waals surface area contributed by atoms with E-state index in [2.05, 4.69) is 33.4 Å². The minimum Gasteiger partial charge on any atom is -0.388 e. The Bertz CT molecular complexity index is 315. The van der Waals surface area contributed by atoms with Gasteiger partial charge >= 0.3 is 0 Å². The van der Waals surface area contributed by atoms with Gasteiger partial charge in [0.2, 0.25) is 0 Å². The summed E-state index contributed by atoms with van der Waals surface area (Å²) in [6, 6.07) is 0. The quantitative estimate of drug-likeness (QED) is 0.670. The summed E-state index contributed by atoms with van der Waals surface area (Å²) in [5, 5.41) is 10.2. The Labute approximate surface area is 99.3 Å². The molecule has 0 aromatic heterocycles. The maximum atomic E-state index is 10.2. The number of fused-ring (bicyclic) bond motifs is 1. The maximum absolute atomic E-state index is 10.2. The van der Waals surface area contributed by atoms with Crippen LogP contribution >= 0.6 is 0 Å². The Hall–Kier alpha value is -0.560. The van der Waals surface area contributed by atoms with Gasteiger partial charge in [-0.2, -0.15) is 0 Å². The van der Waals surface area contributed by atoms with Crippen molar-refractivity contribution in [2.24, 2.45) is 23.7 Å². The largest absolute Gasteiger partial charge is 0.388 e. The molecule has 0 unspecified atom stereocenters. The van der Waals surface area contributed by atoms with Crippen LogP contribution in [0, 0.1) is 23.7 Å². The molecular formula is C15H24O. The molecule has 1 fully saturated rings. The molecule has 0 heterocycles. The van der Waals surface area contributed by atoms with E-state index in [-0.39, 0.29) is 12.0 Å². The van der Waals surface area contributed by atoms with Gasteiger partial charge in [0.1, 0.15) is 0 Å². The summed E-state index contributed by atoms with van der Waals surface area (Å²) in [6.45, 7) is 10.7. The average Bonchev–Trinajstić information content (AvgIpc) is 2.15. The zero-order valence-corrected chi connectivity index (χ0v) is 10.7. The fourth-order valence-corrected chi connectivity index (χ4v) is 3.79. The summed E-state index contributed by atoms with van der Waals surface area (Å²) in [4.78, 5) is 0. The SMILES string of the molecule is C=C(C)[C@H]1[C@H]2C[C@@H](C)CC[C@H]2C(C)=C[C@H]1O. The highest BCUT2D eigenvalue weighted by molar-refractivity contribution is 5.21. The van der Waals surface area contributed by atoms with E-state index < -0.39 is 0 Å². The van der Waals surface area contributed by atoms with Gasteiger partial charge in [0, 0.05) is 5.92 Å². The molecule has 0 amide bonds. The van der Waals surface area contributed by atoms with Crippen LogP contribution in [0.5, 0.6) is 0 Å². The van der Waals surface area contributed by atoms with Crippen molar-refractivity contribution in [3.05, 3.63) is 23.8 Å². The van der Waals surface area contributed by atoms with Gasteiger partial charge in [0.15, 0.2) is 0 Å². The normalized spacial score (nSPS) is 43.5. The van der Waals surface area contributed by atoms with Crippen molar-refractivity contribution in [1.82, 2.24) is 0 Å². The van der Waals surface area contributed by atoms with E-state index in [9.17, 15) is 5.11 Å². The minimum atomic E-state index is -0.302. The molecule has 2 aliphatic carbocycles. The topological polar surface area (TPSA) is 20.2 Å². The molecule has 2 rings (SSSR count). The van der Waals surface area contributed by atoms with Crippen LogP contribution in [-0.2, 0) is 0 Å². The molecule has 1 heteroatoms. The minimum absolute atomic E-state index is 0.288. The molecule has 0 bridgehead atoms. The van der Waals surface area contributed by atoms with Gasteiger partial charge < -0.3 is 5.11 Å². The van der Waals surface area contributed by atoms with E-state index in [1.54, 1.807) is 0 Å². The average molecular weight is 220 g/mol. The van der Waals surface area contributed by atoms with Crippen LogP contribution < -0.4 is 0 Å². The Balaban J connectivity index is 2.29. The predicted octanol–water partition coefficient (Wildman–Crippen LogP) is 3.55. The molecule has 0 spiro atoms. The van der Waals surface area contributed by atoms with Gasteiger partial charge in [0.05, 0.1) is 6.10 Å². The van der Waals surface area contributed by atoms with E-state index in [1.807, 2.05) is 0 Å². The van der Waals surface area contributed by atoms with Crippen molar-refractivity contribution < 1.29 is 5.11 Å². The van der Waals surface area contributed by atoms with E-state index >= 15 is 0 Å². The van der Waals surface area contributed by atoms with Gasteiger partial charge in [-0.15, -0.1) is 0 Å². The number of hydrogen-bond acceptors (Lipinski definition) is 1. The van der Waals surface area contributed by atoms with Crippen molar-refractivity contribution in [2.45, 2.75) is 46.1 Å². The Kier molecular flexibility index (Phi) is 3.25. The summed E-state index contributed by atoms with van der Waals surface area (Å²) < 4.78 is 0. The van der Waals surface area contributed by atoms with E-state index in [0.29, 0.717) is 11.8 Å². The van der Waals surface area contributed by atoms with Gasteiger partial charge in [0.25, 0.3) is 0 Å². The zero-order chi connectivity index (χ0) is 11.9. The van der Waals surface area contributed by atoms with E-state index in [4.69, 9.17) is 0 Å². The second kappa shape index (κ2) is 4.37. The highest BCUT2D eigenvalue weighted by Gasteiger charge is 2.41. The molecule has 0 saturated heterocycles.